The summed E-state index contributed by atoms with van der Waals surface area (Å²) in [5, 5.41) is 0.272. The van der Waals surface area contributed by atoms with Gasteiger partial charge >= 0.3 is 0 Å². The third-order valence-corrected chi connectivity index (χ3v) is 9.11. The summed E-state index contributed by atoms with van der Waals surface area (Å²) in [5.74, 6) is 6.49. The zero-order chi connectivity index (χ0) is 17.5. The Balaban J connectivity index is 2.39. The Labute approximate surface area is 144 Å². The molecule has 1 rings (SSSR count). The Morgan fingerprint density at radius 3 is 2.35 bits per heavy atom. The van der Waals surface area contributed by atoms with Gasteiger partial charge in [-0.2, -0.15) is 0 Å². The molecule has 0 aliphatic rings. The van der Waals surface area contributed by atoms with Crippen LogP contribution in [-0.2, 0) is 4.43 Å². The molecular formula is C21H32OSi. The molecular weight excluding hydrogens is 296 g/mol. The molecule has 0 N–H and O–H groups in total. The first kappa shape index (κ1) is 19.7. The molecule has 0 fully saturated rings. The lowest BCUT2D eigenvalue weighted by Gasteiger charge is -2.35. The summed E-state index contributed by atoms with van der Waals surface area (Å²) in [6.07, 6.45) is 4.13. The summed E-state index contributed by atoms with van der Waals surface area (Å²) in [5.41, 5.74) is 3.73. The molecule has 0 amide bonds. The van der Waals surface area contributed by atoms with E-state index in [1.165, 1.54) is 11.1 Å². The number of hydrogen-bond donors (Lipinski definition) is 0. The minimum Gasteiger partial charge on any atom is -0.413 e. The first-order valence-corrected chi connectivity index (χ1v) is 11.4. The molecule has 0 bridgehead atoms. The number of allylic oxidation sites excluding steroid dienone is 1. The van der Waals surface area contributed by atoms with Crippen molar-refractivity contribution >= 4 is 8.32 Å². The lowest BCUT2D eigenvalue weighted by molar-refractivity contribution is 0.327. The van der Waals surface area contributed by atoms with Gasteiger partial charge in [-0.05, 0) is 50.5 Å². The zero-order valence-electron chi connectivity index (χ0n) is 15.9. The number of benzene rings is 1. The average molecular weight is 329 g/mol. The van der Waals surface area contributed by atoms with Crippen molar-refractivity contribution in [3.05, 3.63) is 47.0 Å². The molecule has 23 heavy (non-hydrogen) atoms. The van der Waals surface area contributed by atoms with Gasteiger partial charge in [-0.15, -0.1) is 0 Å². The minimum atomic E-state index is -1.63. The molecule has 2 heteroatoms. The van der Waals surface area contributed by atoms with Gasteiger partial charge in [0.25, 0.3) is 0 Å². The predicted molar refractivity (Wildman–Crippen MR) is 104 cm³/mol. The van der Waals surface area contributed by atoms with E-state index in [0.29, 0.717) is 0 Å². The summed E-state index contributed by atoms with van der Waals surface area (Å²) in [4.78, 5) is 0. The first-order chi connectivity index (χ1) is 10.6. The molecule has 0 unspecified atom stereocenters. The Morgan fingerprint density at radius 1 is 1.17 bits per heavy atom. The molecule has 0 atom stereocenters. The smallest absolute Gasteiger partial charge is 0.192 e. The van der Waals surface area contributed by atoms with Crippen LogP contribution in [0.1, 0.15) is 51.7 Å². The fraction of sp³-hybridized carbons (Fsp3) is 0.524. The van der Waals surface area contributed by atoms with E-state index in [0.717, 1.165) is 25.0 Å². The van der Waals surface area contributed by atoms with E-state index in [2.05, 4.69) is 89.9 Å². The molecule has 0 aliphatic carbocycles. The van der Waals surface area contributed by atoms with Gasteiger partial charge in [0, 0.05) is 12.0 Å². The molecule has 0 aromatic heterocycles. The molecule has 0 heterocycles. The van der Waals surface area contributed by atoms with Crippen molar-refractivity contribution in [3.8, 4) is 11.8 Å². The predicted octanol–water partition coefficient (Wildman–Crippen LogP) is 6.09. The molecule has 0 radical (unpaired) electrons. The fourth-order valence-corrected chi connectivity index (χ4v) is 2.70. The summed E-state index contributed by atoms with van der Waals surface area (Å²) < 4.78 is 6.18. The molecule has 1 aromatic rings. The van der Waals surface area contributed by atoms with Gasteiger partial charge in [0.2, 0.25) is 0 Å². The van der Waals surface area contributed by atoms with E-state index in [-0.39, 0.29) is 5.04 Å². The van der Waals surface area contributed by atoms with Crippen LogP contribution in [0.3, 0.4) is 0 Å². The van der Waals surface area contributed by atoms with E-state index in [1.807, 2.05) is 0 Å². The van der Waals surface area contributed by atoms with Crippen LogP contribution in [0.25, 0.3) is 0 Å². The Hall–Kier alpha value is -1.30. The van der Waals surface area contributed by atoms with Crippen LogP contribution in [0.2, 0.25) is 18.1 Å². The first-order valence-electron chi connectivity index (χ1n) is 8.47. The van der Waals surface area contributed by atoms with E-state index in [4.69, 9.17) is 4.43 Å². The van der Waals surface area contributed by atoms with Gasteiger partial charge in [-0.3, -0.25) is 0 Å². The van der Waals surface area contributed by atoms with Crippen LogP contribution in [0.15, 0.2) is 35.9 Å². The molecule has 0 aliphatic heterocycles. The normalized spacial score (nSPS) is 12.7. The molecule has 1 aromatic carbocycles. The lowest BCUT2D eigenvalue weighted by atomic mass is 10.1. The highest BCUT2D eigenvalue weighted by atomic mass is 28.4. The third kappa shape index (κ3) is 7.20. The van der Waals surface area contributed by atoms with E-state index < -0.39 is 8.32 Å². The van der Waals surface area contributed by atoms with E-state index in [9.17, 15) is 0 Å². The second-order valence-corrected chi connectivity index (χ2v) is 12.6. The second kappa shape index (κ2) is 8.52. The highest BCUT2D eigenvalue weighted by Crippen LogP contribution is 2.36. The van der Waals surface area contributed by atoms with Crippen molar-refractivity contribution in [2.45, 2.75) is 65.6 Å². The summed E-state index contributed by atoms with van der Waals surface area (Å²) in [7, 11) is -1.63. The Kier molecular flexibility index (Phi) is 7.31. The van der Waals surface area contributed by atoms with Crippen LogP contribution in [0.4, 0.5) is 0 Å². The van der Waals surface area contributed by atoms with Crippen LogP contribution in [0, 0.1) is 18.8 Å². The van der Waals surface area contributed by atoms with Crippen LogP contribution in [0.5, 0.6) is 0 Å². The highest BCUT2D eigenvalue weighted by Gasteiger charge is 2.36. The highest BCUT2D eigenvalue weighted by molar-refractivity contribution is 6.74. The molecule has 0 saturated carbocycles. The Bertz CT molecular complexity index is 577. The molecule has 1 nitrogen and oxygen atoms in total. The standard InChI is InChI=1S/C21H32OSi/c1-18(16-17-22-23(6,7)21(3,4)5)10-8-9-11-20-14-12-19(2)13-15-20/h12-16H,8,10,17H2,1-7H3/b18-16+. The molecule has 0 spiro atoms. The monoisotopic (exact) mass is 328 g/mol. The maximum absolute atomic E-state index is 6.18. The number of hydrogen-bond acceptors (Lipinski definition) is 1. The SMILES string of the molecule is C/C(=C\CO[Si](C)(C)C(C)(C)C)CCC#Cc1ccc(C)cc1. The number of aryl methyl sites for hydroxylation is 1. The van der Waals surface area contributed by atoms with Crippen LogP contribution < -0.4 is 0 Å². The number of rotatable bonds is 5. The third-order valence-electron chi connectivity index (χ3n) is 4.61. The van der Waals surface area contributed by atoms with Crippen LogP contribution >= 0.6 is 0 Å². The topological polar surface area (TPSA) is 9.23 Å². The van der Waals surface area contributed by atoms with Gasteiger partial charge < -0.3 is 4.43 Å². The van der Waals surface area contributed by atoms with Crippen molar-refractivity contribution in [2.75, 3.05) is 6.61 Å². The van der Waals surface area contributed by atoms with Gasteiger partial charge in [-0.1, -0.05) is 62.0 Å². The maximum atomic E-state index is 6.18. The van der Waals surface area contributed by atoms with Crippen molar-refractivity contribution in [1.82, 2.24) is 0 Å². The van der Waals surface area contributed by atoms with Crippen LogP contribution in [-0.4, -0.2) is 14.9 Å². The van der Waals surface area contributed by atoms with Crippen molar-refractivity contribution in [1.29, 1.82) is 0 Å². The Morgan fingerprint density at radius 2 is 1.78 bits per heavy atom. The summed E-state index contributed by atoms with van der Waals surface area (Å²) in [6.45, 7) is 16.4. The molecule has 0 saturated heterocycles. The average Bonchev–Trinajstić information content (AvgIpc) is 2.44. The fourth-order valence-electron chi connectivity index (χ4n) is 1.77. The van der Waals surface area contributed by atoms with Gasteiger partial charge in [-0.25, -0.2) is 0 Å². The maximum Gasteiger partial charge on any atom is 0.192 e. The van der Waals surface area contributed by atoms with Crippen molar-refractivity contribution in [3.63, 3.8) is 0 Å². The zero-order valence-corrected chi connectivity index (χ0v) is 16.9. The van der Waals surface area contributed by atoms with Crippen molar-refractivity contribution in [2.24, 2.45) is 0 Å². The van der Waals surface area contributed by atoms with E-state index >= 15 is 0 Å². The van der Waals surface area contributed by atoms with Gasteiger partial charge in [0.05, 0.1) is 6.61 Å². The lowest BCUT2D eigenvalue weighted by Crippen LogP contribution is -2.40. The summed E-state index contributed by atoms with van der Waals surface area (Å²) in [6, 6.07) is 8.37. The summed E-state index contributed by atoms with van der Waals surface area (Å²) >= 11 is 0. The van der Waals surface area contributed by atoms with Gasteiger partial charge in [0.1, 0.15) is 0 Å². The minimum absolute atomic E-state index is 0.272. The second-order valence-electron chi connectivity index (χ2n) is 7.79. The largest absolute Gasteiger partial charge is 0.413 e. The van der Waals surface area contributed by atoms with Gasteiger partial charge in [0.15, 0.2) is 8.32 Å². The molecule has 126 valence electrons. The van der Waals surface area contributed by atoms with E-state index in [1.54, 1.807) is 0 Å². The quantitative estimate of drug-likeness (QED) is 0.361. The van der Waals surface area contributed by atoms with Crippen molar-refractivity contribution < 1.29 is 4.43 Å².